The van der Waals surface area contributed by atoms with Crippen LogP contribution in [0.3, 0.4) is 0 Å². The summed E-state index contributed by atoms with van der Waals surface area (Å²) >= 11 is 12.0. The third kappa shape index (κ3) is 6.94. The summed E-state index contributed by atoms with van der Waals surface area (Å²) in [4.78, 5) is 23.4. The molecule has 0 aliphatic rings. The SMILES string of the molecule is Cc1cc([C@H](CC(F)(F)F)C(=O)Nc2cc(CCC(=O)O)ccc2Cl)ccc1Cl. The van der Waals surface area contributed by atoms with Crippen LogP contribution in [-0.4, -0.2) is 23.2 Å². The first-order valence-electron chi connectivity index (χ1n) is 8.60. The van der Waals surface area contributed by atoms with Crippen LogP contribution in [-0.2, 0) is 16.0 Å². The maximum Gasteiger partial charge on any atom is 0.390 e. The Hall–Kier alpha value is -2.25. The Balaban J connectivity index is 2.30. The maximum absolute atomic E-state index is 13.1. The Kier molecular flexibility index (Phi) is 7.54. The number of halogens is 5. The zero-order chi connectivity index (χ0) is 21.8. The van der Waals surface area contributed by atoms with Gasteiger partial charge in [-0.1, -0.05) is 41.4 Å². The number of alkyl halides is 3. The van der Waals surface area contributed by atoms with Gasteiger partial charge in [0.15, 0.2) is 0 Å². The summed E-state index contributed by atoms with van der Waals surface area (Å²) < 4.78 is 39.3. The standard InChI is InChI=1S/C20H18Cl2F3NO3/c1-11-8-13(4-6-15(11)21)14(10-20(23,24)25)19(29)26-17-9-12(2-5-16(17)22)3-7-18(27)28/h2,4-6,8-9,14H,3,7,10H2,1H3,(H,26,29)(H,27,28)/t14-/m0/s1. The molecule has 0 radical (unpaired) electrons. The minimum atomic E-state index is -4.57. The number of hydrogen-bond donors (Lipinski definition) is 2. The van der Waals surface area contributed by atoms with Gasteiger partial charge in [-0.05, 0) is 48.2 Å². The zero-order valence-corrected chi connectivity index (χ0v) is 16.8. The molecule has 1 atom stereocenters. The Bertz CT molecular complexity index is 916. The summed E-state index contributed by atoms with van der Waals surface area (Å²) in [5, 5.41) is 11.7. The van der Waals surface area contributed by atoms with Crippen LogP contribution in [0.4, 0.5) is 18.9 Å². The van der Waals surface area contributed by atoms with Crippen molar-refractivity contribution in [3.63, 3.8) is 0 Å². The monoisotopic (exact) mass is 447 g/mol. The normalized spacial score (nSPS) is 12.5. The molecule has 0 saturated heterocycles. The number of nitrogens with one attached hydrogen (secondary N) is 1. The second kappa shape index (κ2) is 9.50. The molecule has 0 fully saturated rings. The summed E-state index contributed by atoms with van der Waals surface area (Å²) in [6, 6.07) is 8.79. The predicted octanol–water partition coefficient (Wildman–Crippen LogP) is 5.99. The van der Waals surface area contributed by atoms with Crippen molar-refractivity contribution in [1.29, 1.82) is 0 Å². The molecule has 2 aromatic carbocycles. The molecule has 0 bridgehead atoms. The van der Waals surface area contributed by atoms with E-state index in [0.717, 1.165) is 0 Å². The topological polar surface area (TPSA) is 66.4 Å². The zero-order valence-electron chi connectivity index (χ0n) is 15.3. The van der Waals surface area contributed by atoms with Crippen LogP contribution in [0, 0.1) is 6.92 Å². The van der Waals surface area contributed by atoms with E-state index >= 15 is 0 Å². The summed E-state index contributed by atoms with van der Waals surface area (Å²) in [5.41, 5.74) is 1.44. The molecule has 156 valence electrons. The Morgan fingerprint density at radius 2 is 1.76 bits per heavy atom. The second-order valence-corrected chi connectivity index (χ2v) is 7.39. The van der Waals surface area contributed by atoms with Crippen molar-refractivity contribution in [2.45, 2.75) is 38.3 Å². The molecule has 0 saturated carbocycles. The number of carboxylic acids is 1. The van der Waals surface area contributed by atoms with Crippen molar-refractivity contribution in [3.8, 4) is 0 Å². The van der Waals surface area contributed by atoms with Gasteiger partial charge in [0.25, 0.3) is 0 Å². The van der Waals surface area contributed by atoms with Gasteiger partial charge >= 0.3 is 12.1 Å². The summed E-state index contributed by atoms with van der Waals surface area (Å²) in [6.07, 6.45) is -5.85. The lowest BCUT2D eigenvalue weighted by atomic mass is 9.93. The van der Waals surface area contributed by atoms with Crippen molar-refractivity contribution in [2.24, 2.45) is 0 Å². The highest BCUT2D eigenvalue weighted by atomic mass is 35.5. The Labute approximate surface area is 175 Å². The highest BCUT2D eigenvalue weighted by Gasteiger charge is 2.36. The minimum absolute atomic E-state index is 0.123. The molecule has 0 aromatic heterocycles. The smallest absolute Gasteiger partial charge is 0.390 e. The number of benzene rings is 2. The fraction of sp³-hybridized carbons (Fsp3) is 0.300. The van der Waals surface area contributed by atoms with Gasteiger partial charge in [0.1, 0.15) is 0 Å². The van der Waals surface area contributed by atoms with E-state index in [-0.39, 0.29) is 29.1 Å². The molecular weight excluding hydrogens is 430 g/mol. The van der Waals surface area contributed by atoms with Gasteiger partial charge in [0, 0.05) is 11.4 Å². The van der Waals surface area contributed by atoms with E-state index in [1.54, 1.807) is 13.0 Å². The molecule has 1 amide bonds. The number of carbonyl (C=O) groups is 2. The number of anilines is 1. The van der Waals surface area contributed by atoms with Crippen LogP contribution < -0.4 is 5.32 Å². The lowest BCUT2D eigenvalue weighted by molar-refractivity contribution is -0.146. The van der Waals surface area contributed by atoms with Gasteiger partial charge in [-0.15, -0.1) is 0 Å². The first-order valence-corrected chi connectivity index (χ1v) is 9.36. The summed E-state index contributed by atoms with van der Waals surface area (Å²) in [5.74, 6) is -3.36. The van der Waals surface area contributed by atoms with E-state index in [4.69, 9.17) is 28.3 Å². The molecule has 0 unspecified atom stereocenters. The minimum Gasteiger partial charge on any atom is -0.481 e. The number of hydrogen-bond acceptors (Lipinski definition) is 2. The molecule has 29 heavy (non-hydrogen) atoms. The van der Waals surface area contributed by atoms with E-state index in [9.17, 15) is 22.8 Å². The van der Waals surface area contributed by atoms with Crippen LogP contribution in [0.2, 0.25) is 10.0 Å². The molecule has 0 heterocycles. The number of aryl methyl sites for hydroxylation is 2. The highest BCUT2D eigenvalue weighted by molar-refractivity contribution is 6.33. The van der Waals surface area contributed by atoms with Crippen molar-refractivity contribution >= 4 is 40.8 Å². The van der Waals surface area contributed by atoms with Gasteiger partial charge in [0.05, 0.1) is 23.0 Å². The van der Waals surface area contributed by atoms with Gasteiger partial charge in [0.2, 0.25) is 5.91 Å². The fourth-order valence-corrected chi connectivity index (χ4v) is 3.06. The lowest BCUT2D eigenvalue weighted by Crippen LogP contribution is -2.26. The number of aliphatic carboxylic acids is 1. The van der Waals surface area contributed by atoms with Crippen molar-refractivity contribution in [2.75, 3.05) is 5.32 Å². The quantitative estimate of drug-likeness (QED) is 0.547. The number of rotatable bonds is 7. The summed E-state index contributed by atoms with van der Waals surface area (Å²) in [7, 11) is 0. The third-order valence-electron chi connectivity index (χ3n) is 4.25. The van der Waals surface area contributed by atoms with Gasteiger partial charge in [-0.2, -0.15) is 13.2 Å². The highest BCUT2D eigenvalue weighted by Crippen LogP contribution is 2.34. The molecule has 0 spiro atoms. The van der Waals surface area contributed by atoms with Crippen LogP contribution in [0.25, 0.3) is 0 Å². The van der Waals surface area contributed by atoms with E-state index in [1.165, 1.54) is 30.3 Å². The number of amides is 1. The molecule has 2 rings (SSSR count). The van der Waals surface area contributed by atoms with Gasteiger partial charge in [-0.3, -0.25) is 9.59 Å². The average molecular weight is 448 g/mol. The van der Waals surface area contributed by atoms with Gasteiger partial charge < -0.3 is 10.4 Å². The lowest BCUT2D eigenvalue weighted by Gasteiger charge is -2.20. The molecule has 2 aromatic rings. The second-order valence-electron chi connectivity index (χ2n) is 6.58. The summed E-state index contributed by atoms with van der Waals surface area (Å²) in [6.45, 7) is 1.64. The van der Waals surface area contributed by atoms with Crippen LogP contribution in [0.1, 0.15) is 35.4 Å². The average Bonchev–Trinajstić information content (AvgIpc) is 2.62. The molecule has 4 nitrogen and oxygen atoms in total. The first kappa shape index (κ1) is 23.0. The number of carboxylic acid groups (broad SMARTS) is 1. The largest absolute Gasteiger partial charge is 0.481 e. The van der Waals surface area contributed by atoms with Crippen molar-refractivity contribution in [3.05, 3.63) is 63.1 Å². The maximum atomic E-state index is 13.1. The van der Waals surface area contributed by atoms with E-state index < -0.39 is 30.4 Å². The van der Waals surface area contributed by atoms with Crippen LogP contribution >= 0.6 is 23.2 Å². The van der Waals surface area contributed by atoms with Crippen molar-refractivity contribution < 1.29 is 27.9 Å². The molecule has 9 heteroatoms. The third-order valence-corrected chi connectivity index (χ3v) is 5.01. The van der Waals surface area contributed by atoms with Crippen LogP contribution in [0.15, 0.2) is 36.4 Å². The molecule has 0 aliphatic carbocycles. The van der Waals surface area contributed by atoms with E-state index in [0.29, 0.717) is 16.1 Å². The molecular formula is C20H18Cl2F3NO3. The van der Waals surface area contributed by atoms with E-state index in [2.05, 4.69) is 5.32 Å². The Morgan fingerprint density at radius 3 is 2.34 bits per heavy atom. The van der Waals surface area contributed by atoms with Crippen molar-refractivity contribution in [1.82, 2.24) is 0 Å². The fourth-order valence-electron chi connectivity index (χ4n) is 2.77. The van der Waals surface area contributed by atoms with E-state index in [1.807, 2.05) is 0 Å². The first-order chi connectivity index (χ1) is 13.5. The Morgan fingerprint density at radius 1 is 1.10 bits per heavy atom. The molecule has 0 aliphatic heterocycles. The number of carbonyl (C=O) groups excluding carboxylic acids is 1. The van der Waals surface area contributed by atoms with Crippen LogP contribution in [0.5, 0.6) is 0 Å². The predicted molar refractivity (Wildman–Crippen MR) is 106 cm³/mol. The van der Waals surface area contributed by atoms with Gasteiger partial charge in [-0.25, -0.2) is 0 Å². The molecule has 2 N–H and O–H groups in total.